The van der Waals surface area contributed by atoms with Gasteiger partial charge in [0, 0.05) is 34.6 Å². The number of fused-ring (bicyclic) bond motifs is 5. The molecule has 0 saturated heterocycles. The highest BCUT2D eigenvalue weighted by molar-refractivity contribution is 6.18. The molecule has 4 heteroatoms. The second-order valence-electron chi connectivity index (χ2n) is 9.81. The van der Waals surface area contributed by atoms with Gasteiger partial charge in [-0.25, -0.2) is 0 Å². The van der Waals surface area contributed by atoms with Gasteiger partial charge in [-0.3, -0.25) is 0 Å². The first kappa shape index (κ1) is 28.9. The average Bonchev–Trinajstić information content (AvgIpc) is 3.37. The summed E-state index contributed by atoms with van der Waals surface area (Å²) >= 11 is 0. The van der Waals surface area contributed by atoms with Gasteiger partial charge in [-0.05, 0) is 83.6 Å². The van der Waals surface area contributed by atoms with E-state index in [1.54, 1.807) is 12.3 Å². The lowest BCUT2D eigenvalue weighted by molar-refractivity contribution is 1.19. The largest absolute Gasteiger partial charge is 0.404 e. The van der Waals surface area contributed by atoms with E-state index in [9.17, 15) is 0 Å². The van der Waals surface area contributed by atoms with E-state index in [2.05, 4.69) is 109 Å². The number of benzene rings is 4. The Bertz CT molecular complexity index is 1830. The lowest BCUT2D eigenvalue weighted by atomic mass is 9.97. The Labute approximate surface area is 242 Å². The number of rotatable bonds is 7. The smallest absolute Gasteiger partial charge is 0.0619 e. The molecule has 0 amide bonds. The van der Waals surface area contributed by atoms with Gasteiger partial charge in [0.25, 0.3) is 0 Å². The molecule has 4 aromatic carbocycles. The fourth-order valence-corrected chi connectivity index (χ4v) is 4.78. The molecule has 0 saturated carbocycles. The van der Waals surface area contributed by atoms with Crippen LogP contribution in [-0.2, 0) is 0 Å². The third kappa shape index (κ3) is 6.24. The minimum Gasteiger partial charge on any atom is -0.404 e. The molecule has 0 aliphatic heterocycles. The van der Waals surface area contributed by atoms with Crippen LogP contribution in [0.5, 0.6) is 0 Å². The van der Waals surface area contributed by atoms with Gasteiger partial charge in [-0.15, -0.1) is 0 Å². The van der Waals surface area contributed by atoms with E-state index in [0.29, 0.717) is 6.54 Å². The summed E-state index contributed by atoms with van der Waals surface area (Å²) in [6.07, 6.45) is 10.8. The van der Waals surface area contributed by atoms with Crippen molar-refractivity contribution < 1.29 is 0 Å². The van der Waals surface area contributed by atoms with E-state index >= 15 is 0 Å². The van der Waals surface area contributed by atoms with Crippen LogP contribution in [0.3, 0.4) is 0 Å². The summed E-state index contributed by atoms with van der Waals surface area (Å²) < 4.78 is 2.37. The van der Waals surface area contributed by atoms with Gasteiger partial charge < -0.3 is 21.8 Å². The molecule has 0 atom stereocenters. The van der Waals surface area contributed by atoms with Crippen LogP contribution in [0.25, 0.3) is 43.8 Å². The number of hydrogen-bond donors (Lipinski definition) is 3. The fraction of sp³-hybridized carbons (Fsp3) is 0.0811. The zero-order valence-corrected chi connectivity index (χ0v) is 23.8. The highest BCUT2D eigenvalue weighted by atomic mass is 15.0. The number of allylic oxidation sites excluding steroid dienone is 7. The van der Waals surface area contributed by atoms with Crippen LogP contribution in [0.4, 0.5) is 0 Å². The first-order valence-corrected chi connectivity index (χ1v) is 13.6. The van der Waals surface area contributed by atoms with E-state index < -0.39 is 0 Å². The molecule has 0 spiro atoms. The van der Waals surface area contributed by atoms with Crippen LogP contribution < -0.4 is 17.2 Å². The molecule has 0 radical (unpaired) electrons. The Morgan fingerprint density at radius 2 is 1.54 bits per heavy atom. The minimum atomic E-state index is 0.491. The Morgan fingerprint density at radius 1 is 0.829 bits per heavy atom. The lowest BCUT2D eigenvalue weighted by Gasteiger charge is -2.11. The van der Waals surface area contributed by atoms with Gasteiger partial charge in [-0.1, -0.05) is 92.0 Å². The SMILES string of the molecule is C=C(/C=C\CN)/C(C)=C/C(=C\N)c1ccc2c(ccc3c4ccccc4n(-c4ccccc4)c23)c1.C=C/C(C)=C\N. The molecule has 41 heavy (non-hydrogen) atoms. The summed E-state index contributed by atoms with van der Waals surface area (Å²) in [4.78, 5) is 0. The topological polar surface area (TPSA) is 83.0 Å². The molecule has 0 bridgehead atoms. The lowest BCUT2D eigenvalue weighted by Crippen LogP contribution is -1.95. The normalized spacial score (nSPS) is 12.6. The van der Waals surface area contributed by atoms with Crippen LogP contribution in [0.2, 0.25) is 0 Å². The number of para-hydroxylation sites is 2. The summed E-state index contributed by atoms with van der Waals surface area (Å²) in [6.45, 7) is 12.0. The van der Waals surface area contributed by atoms with Crippen molar-refractivity contribution in [3.8, 4) is 5.69 Å². The molecular weight excluding hydrogens is 500 g/mol. The van der Waals surface area contributed by atoms with Crippen LogP contribution in [-0.4, -0.2) is 11.1 Å². The molecule has 0 aliphatic rings. The van der Waals surface area contributed by atoms with Gasteiger partial charge in [0.15, 0.2) is 0 Å². The predicted octanol–water partition coefficient (Wildman–Crippen LogP) is 8.29. The third-order valence-electron chi connectivity index (χ3n) is 7.10. The maximum Gasteiger partial charge on any atom is 0.0619 e. The van der Waals surface area contributed by atoms with Crippen molar-refractivity contribution in [1.29, 1.82) is 0 Å². The van der Waals surface area contributed by atoms with Gasteiger partial charge in [0.05, 0.1) is 11.0 Å². The van der Waals surface area contributed by atoms with Crippen molar-refractivity contribution in [2.75, 3.05) is 6.54 Å². The van der Waals surface area contributed by atoms with Crippen LogP contribution >= 0.6 is 0 Å². The van der Waals surface area contributed by atoms with Gasteiger partial charge in [0.1, 0.15) is 0 Å². The van der Waals surface area contributed by atoms with Crippen molar-refractivity contribution in [2.24, 2.45) is 17.2 Å². The van der Waals surface area contributed by atoms with E-state index in [1.165, 1.54) is 38.8 Å². The van der Waals surface area contributed by atoms with Crippen molar-refractivity contribution in [3.63, 3.8) is 0 Å². The van der Waals surface area contributed by atoms with Crippen LogP contribution in [0.1, 0.15) is 19.4 Å². The monoisotopic (exact) mass is 538 g/mol. The van der Waals surface area contributed by atoms with Crippen molar-refractivity contribution in [3.05, 3.63) is 157 Å². The highest BCUT2D eigenvalue weighted by Gasteiger charge is 2.15. The summed E-state index contributed by atoms with van der Waals surface area (Å²) in [7, 11) is 0. The molecule has 1 aromatic heterocycles. The molecule has 0 aliphatic carbocycles. The molecule has 4 nitrogen and oxygen atoms in total. The highest BCUT2D eigenvalue weighted by Crippen LogP contribution is 2.37. The Morgan fingerprint density at radius 3 is 2.20 bits per heavy atom. The molecule has 5 rings (SSSR count). The Kier molecular flexibility index (Phi) is 9.41. The maximum absolute atomic E-state index is 6.06. The fourth-order valence-electron chi connectivity index (χ4n) is 4.78. The summed E-state index contributed by atoms with van der Waals surface area (Å²) in [6, 6.07) is 30.2. The summed E-state index contributed by atoms with van der Waals surface area (Å²) in [5.41, 5.74) is 25.3. The average molecular weight is 539 g/mol. The quantitative estimate of drug-likeness (QED) is 0.182. The first-order valence-electron chi connectivity index (χ1n) is 13.6. The molecule has 0 unspecified atom stereocenters. The van der Waals surface area contributed by atoms with E-state index in [1.807, 2.05) is 26.0 Å². The Balaban J connectivity index is 0.000000585. The van der Waals surface area contributed by atoms with E-state index in [-0.39, 0.29) is 0 Å². The van der Waals surface area contributed by atoms with Crippen molar-refractivity contribution in [1.82, 2.24) is 4.57 Å². The van der Waals surface area contributed by atoms with Gasteiger partial charge in [-0.2, -0.15) is 0 Å². The third-order valence-corrected chi connectivity index (χ3v) is 7.10. The predicted molar refractivity (Wildman–Crippen MR) is 180 cm³/mol. The number of hydrogen-bond acceptors (Lipinski definition) is 3. The molecule has 5 aromatic rings. The molecule has 0 fully saturated rings. The zero-order valence-electron chi connectivity index (χ0n) is 23.8. The summed E-state index contributed by atoms with van der Waals surface area (Å²) in [5.74, 6) is 0. The summed E-state index contributed by atoms with van der Waals surface area (Å²) in [5, 5.41) is 4.88. The number of aromatic nitrogens is 1. The molecule has 206 valence electrons. The second-order valence-corrected chi connectivity index (χ2v) is 9.81. The minimum absolute atomic E-state index is 0.491. The zero-order chi connectivity index (χ0) is 29.4. The van der Waals surface area contributed by atoms with E-state index in [4.69, 9.17) is 17.2 Å². The maximum atomic E-state index is 6.06. The van der Waals surface area contributed by atoms with E-state index in [0.717, 1.165) is 33.5 Å². The molecular formula is C37H38N4. The molecule has 1 heterocycles. The van der Waals surface area contributed by atoms with Gasteiger partial charge >= 0.3 is 0 Å². The first-order chi connectivity index (χ1) is 19.9. The Hall–Kier alpha value is -5.06. The van der Waals surface area contributed by atoms with Crippen molar-refractivity contribution in [2.45, 2.75) is 13.8 Å². The van der Waals surface area contributed by atoms with Crippen molar-refractivity contribution >= 4 is 38.2 Å². The molecule has 6 N–H and O–H groups in total. The second kappa shape index (κ2) is 13.3. The number of nitrogens with zero attached hydrogens (tertiary/aromatic N) is 1. The number of nitrogens with two attached hydrogens (primary N) is 3. The van der Waals surface area contributed by atoms with Crippen LogP contribution in [0.15, 0.2) is 152 Å². The standard InChI is InChI=1S/C32H29N3.C5H9N/c1-22(9-8-18-33)23(2)19-26(21-34)24-14-16-28-25(20-24)15-17-30-29-12-6-7-13-31(29)35(32(28)30)27-10-4-3-5-11-27;1-3-5(2)4-6/h3-17,19-21H,1,18,33-34H2,2H3;3-4H,1,6H2,2H3/b9-8-,23-19+,26-21+;5-4-. The van der Waals surface area contributed by atoms with Gasteiger partial charge in [0.2, 0.25) is 0 Å². The van der Waals surface area contributed by atoms with Crippen LogP contribution in [0, 0.1) is 0 Å².